The highest BCUT2D eigenvalue weighted by molar-refractivity contribution is 6.14. The number of fused-ring (bicyclic) bond motifs is 3. The summed E-state index contributed by atoms with van der Waals surface area (Å²) in [6.07, 6.45) is 0. The van der Waals surface area contributed by atoms with Crippen molar-refractivity contribution >= 4 is 27.5 Å². The van der Waals surface area contributed by atoms with E-state index >= 15 is 0 Å². The van der Waals surface area contributed by atoms with Crippen molar-refractivity contribution in [3.63, 3.8) is 0 Å². The normalized spacial score (nSPS) is 11.4. The van der Waals surface area contributed by atoms with E-state index in [1.165, 1.54) is 0 Å². The molecule has 0 radical (unpaired) electrons. The number of phenolic OH excluding ortho intramolecular Hbond substituents is 1. The number of aliphatic hydroxyl groups excluding tert-OH is 1. The largest absolute Gasteiger partial charge is 0.507 e. The van der Waals surface area contributed by atoms with Gasteiger partial charge in [0, 0.05) is 39.6 Å². The maximum atomic E-state index is 10.3. The van der Waals surface area contributed by atoms with Crippen LogP contribution in [0.5, 0.6) is 5.75 Å². The Balaban J connectivity index is 2.20. The molecule has 1 aromatic heterocycles. The van der Waals surface area contributed by atoms with Gasteiger partial charge in [-0.25, -0.2) is 0 Å². The van der Waals surface area contributed by atoms with Crippen LogP contribution in [0.1, 0.15) is 0 Å². The summed E-state index contributed by atoms with van der Waals surface area (Å²) >= 11 is 0. The Hall–Kier alpha value is -2.98. The van der Waals surface area contributed by atoms with Crippen molar-refractivity contribution < 1.29 is 10.2 Å². The average Bonchev–Trinajstić information content (AvgIpc) is 2.89. The van der Waals surface area contributed by atoms with Crippen molar-refractivity contribution in [2.45, 2.75) is 6.54 Å². The van der Waals surface area contributed by atoms with E-state index in [9.17, 15) is 10.2 Å². The molecule has 0 fully saturated rings. The minimum absolute atomic E-state index is 0.0400. The smallest absolute Gasteiger partial charge is 0.123 e. The molecule has 4 nitrogen and oxygen atoms in total. The third kappa shape index (κ3) is 2.12. The highest BCUT2D eigenvalue weighted by Gasteiger charge is 2.17. The number of aromatic nitrogens is 1. The Morgan fingerprint density at radius 3 is 2.42 bits per heavy atom. The topological polar surface area (TPSA) is 71.4 Å². The van der Waals surface area contributed by atoms with Crippen LogP contribution >= 0.6 is 0 Å². The summed E-state index contributed by atoms with van der Waals surface area (Å²) in [4.78, 5) is 0. The monoisotopic (exact) mass is 318 g/mol. The molecule has 0 atom stereocenters. The van der Waals surface area contributed by atoms with Crippen LogP contribution < -0.4 is 5.73 Å². The molecule has 4 N–H and O–H groups in total. The predicted molar refractivity (Wildman–Crippen MR) is 98.0 cm³/mol. The van der Waals surface area contributed by atoms with Crippen molar-refractivity contribution in [2.24, 2.45) is 0 Å². The van der Waals surface area contributed by atoms with Gasteiger partial charge < -0.3 is 20.5 Å². The number of hydrogen-bond acceptors (Lipinski definition) is 3. The van der Waals surface area contributed by atoms with Crippen LogP contribution in [0.25, 0.3) is 32.9 Å². The fourth-order valence-electron chi connectivity index (χ4n) is 3.45. The molecule has 0 saturated carbocycles. The average molecular weight is 318 g/mol. The van der Waals surface area contributed by atoms with Crippen LogP contribution in [0.15, 0.2) is 60.7 Å². The zero-order valence-electron chi connectivity index (χ0n) is 13.1. The molecule has 0 aliphatic heterocycles. The second-order valence-electron chi connectivity index (χ2n) is 5.87. The molecule has 24 heavy (non-hydrogen) atoms. The molecule has 0 unspecified atom stereocenters. The van der Waals surface area contributed by atoms with Crippen LogP contribution in [-0.2, 0) is 6.54 Å². The van der Waals surface area contributed by atoms with E-state index in [0.717, 1.165) is 32.9 Å². The molecule has 1 heterocycles. The Bertz CT molecular complexity index is 1050. The van der Waals surface area contributed by atoms with Crippen LogP contribution in [-0.4, -0.2) is 21.4 Å². The van der Waals surface area contributed by atoms with Crippen LogP contribution in [0.3, 0.4) is 0 Å². The van der Waals surface area contributed by atoms with E-state index in [1.54, 1.807) is 12.1 Å². The molecule has 0 spiro atoms. The van der Waals surface area contributed by atoms with Crippen molar-refractivity contribution in [3.8, 4) is 16.9 Å². The van der Waals surface area contributed by atoms with Gasteiger partial charge >= 0.3 is 0 Å². The maximum Gasteiger partial charge on any atom is 0.123 e. The highest BCUT2D eigenvalue weighted by atomic mass is 16.3. The first-order chi connectivity index (χ1) is 11.7. The predicted octanol–water partition coefficient (Wildman–Crippen LogP) is 3.74. The number of rotatable bonds is 3. The molecule has 0 bridgehead atoms. The molecule has 4 aromatic rings. The summed E-state index contributed by atoms with van der Waals surface area (Å²) in [7, 11) is 0. The summed E-state index contributed by atoms with van der Waals surface area (Å²) in [6, 6.07) is 19.1. The number of nitrogens with two attached hydrogens (primary N) is 1. The molecule has 120 valence electrons. The lowest BCUT2D eigenvalue weighted by Gasteiger charge is -2.12. The van der Waals surface area contributed by atoms with Gasteiger partial charge in [0.2, 0.25) is 0 Å². The summed E-state index contributed by atoms with van der Waals surface area (Å²) in [5.41, 5.74) is 10.4. The quantitative estimate of drug-likeness (QED) is 0.504. The first-order valence-corrected chi connectivity index (χ1v) is 7.90. The lowest BCUT2D eigenvalue weighted by molar-refractivity contribution is 0.280. The van der Waals surface area contributed by atoms with Crippen molar-refractivity contribution in [2.75, 3.05) is 12.3 Å². The number of nitrogens with zero attached hydrogens (tertiary/aromatic N) is 1. The van der Waals surface area contributed by atoms with E-state index in [1.807, 2.05) is 42.5 Å². The lowest BCUT2D eigenvalue weighted by Crippen LogP contribution is -2.02. The number of nitrogen functional groups attached to an aromatic ring is 1. The van der Waals surface area contributed by atoms with Crippen molar-refractivity contribution in [1.82, 2.24) is 4.57 Å². The summed E-state index contributed by atoms with van der Waals surface area (Å²) in [5, 5.41) is 22.0. The van der Waals surface area contributed by atoms with Gasteiger partial charge in [-0.15, -0.1) is 0 Å². The number of aromatic hydroxyl groups is 1. The highest BCUT2D eigenvalue weighted by Crippen LogP contribution is 2.40. The van der Waals surface area contributed by atoms with Gasteiger partial charge in [-0.1, -0.05) is 36.4 Å². The van der Waals surface area contributed by atoms with Crippen LogP contribution in [0.2, 0.25) is 0 Å². The van der Waals surface area contributed by atoms with E-state index < -0.39 is 0 Å². The third-order valence-corrected chi connectivity index (χ3v) is 4.41. The Kier molecular flexibility index (Phi) is 3.40. The fraction of sp³-hybridized carbons (Fsp3) is 0.100. The summed E-state index contributed by atoms with van der Waals surface area (Å²) < 4.78 is 2.09. The van der Waals surface area contributed by atoms with E-state index in [0.29, 0.717) is 12.2 Å². The molecule has 0 aliphatic rings. The lowest BCUT2D eigenvalue weighted by atomic mass is 10.00. The minimum Gasteiger partial charge on any atom is -0.507 e. The Morgan fingerprint density at radius 2 is 1.62 bits per heavy atom. The Labute approximate surface area is 139 Å². The second-order valence-corrected chi connectivity index (χ2v) is 5.87. The van der Waals surface area contributed by atoms with Gasteiger partial charge in [-0.3, -0.25) is 0 Å². The minimum atomic E-state index is 0.0400. The van der Waals surface area contributed by atoms with Gasteiger partial charge in [0.15, 0.2) is 0 Å². The number of aliphatic hydroxyl groups is 1. The molecule has 4 rings (SSSR count). The molecule has 0 saturated heterocycles. The molecule has 3 aromatic carbocycles. The number of anilines is 1. The van der Waals surface area contributed by atoms with Crippen LogP contribution in [0, 0.1) is 0 Å². The van der Waals surface area contributed by atoms with Gasteiger partial charge in [-0.2, -0.15) is 0 Å². The third-order valence-electron chi connectivity index (χ3n) is 4.41. The number of para-hydroxylation sites is 2. The molecular formula is C20H18N2O2. The van der Waals surface area contributed by atoms with Gasteiger partial charge in [-0.05, 0) is 24.3 Å². The molecule has 0 aliphatic carbocycles. The zero-order chi connectivity index (χ0) is 16.7. The fourth-order valence-corrected chi connectivity index (χ4v) is 3.45. The summed E-state index contributed by atoms with van der Waals surface area (Å²) in [5.74, 6) is 0.213. The second kappa shape index (κ2) is 5.58. The van der Waals surface area contributed by atoms with Crippen LogP contribution in [0.4, 0.5) is 5.69 Å². The number of benzene rings is 3. The maximum absolute atomic E-state index is 10.3. The SMILES string of the molecule is Nc1cc(-c2ccccc2O)c2c(c1)c1ccccc1n2CCO. The zero-order valence-corrected chi connectivity index (χ0v) is 13.1. The molecular weight excluding hydrogens is 300 g/mol. The van der Waals surface area contributed by atoms with E-state index in [2.05, 4.69) is 10.6 Å². The number of phenols is 1. The molecule has 0 amide bonds. The van der Waals surface area contributed by atoms with Gasteiger partial charge in [0.05, 0.1) is 12.1 Å². The first kappa shape index (κ1) is 14.6. The Morgan fingerprint density at radius 1 is 0.875 bits per heavy atom. The molecule has 4 heteroatoms. The van der Waals surface area contributed by atoms with Crippen molar-refractivity contribution in [1.29, 1.82) is 0 Å². The first-order valence-electron chi connectivity index (χ1n) is 7.90. The van der Waals surface area contributed by atoms with Crippen molar-refractivity contribution in [3.05, 3.63) is 60.7 Å². The van der Waals surface area contributed by atoms with Gasteiger partial charge in [0.25, 0.3) is 0 Å². The number of hydrogen-bond donors (Lipinski definition) is 3. The van der Waals surface area contributed by atoms with Gasteiger partial charge in [0.1, 0.15) is 5.75 Å². The standard InChI is InChI=1S/C20H18N2O2/c21-13-11-16-14-5-1-3-7-18(14)22(9-10-23)20(16)17(12-13)15-6-2-4-8-19(15)24/h1-8,11-12,23-24H,9-10,21H2. The van der Waals surface area contributed by atoms with E-state index in [-0.39, 0.29) is 12.4 Å². The summed E-state index contributed by atoms with van der Waals surface area (Å²) in [6.45, 7) is 0.521. The van der Waals surface area contributed by atoms with E-state index in [4.69, 9.17) is 5.73 Å².